The van der Waals surface area contributed by atoms with E-state index in [0.717, 1.165) is 4.47 Å². The number of pyridine rings is 2. The molecular weight excluding hydrogens is 256 g/mol. The zero-order valence-electron chi connectivity index (χ0n) is 7.57. The number of ketones is 1. The number of aromatic nitrogens is 2. The second-order valence-electron chi connectivity index (χ2n) is 3.28. The van der Waals surface area contributed by atoms with E-state index >= 15 is 0 Å². The van der Waals surface area contributed by atoms with E-state index in [1.807, 2.05) is 0 Å². The maximum Gasteiger partial charge on any atom is 0.197 e. The Kier molecular flexibility index (Phi) is 1.73. The van der Waals surface area contributed by atoms with Gasteiger partial charge in [0.1, 0.15) is 11.4 Å². The van der Waals surface area contributed by atoms with E-state index in [4.69, 9.17) is 0 Å². The van der Waals surface area contributed by atoms with Crippen LogP contribution >= 0.6 is 15.9 Å². The van der Waals surface area contributed by atoms with E-state index in [2.05, 4.69) is 25.9 Å². The van der Waals surface area contributed by atoms with Gasteiger partial charge in [0.25, 0.3) is 0 Å². The van der Waals surface area contributed by atoms with Crippen molar-refractivity contribution >= 4 is 21.7 Å². The average Bonchev–Trinajstić information content (AvgIpc) is 2.54. The maximum absolute atomic E-state index is 11.9. The van der Waals surface area contributed by atoms with Crippen molar-refractivity contribution in [2.45, 2.75) is 0 Å². The summed E-state index contributed by atoms with van der Waals surface area (Å²) in [6.45, 7) is 0. The lowest BCUT2D eigenvalue weighted by molar-refractivity contribution is 0.104. The first kappa shape index (κ1) is 8.73. The van der Waals surface area contributed by atoms with Crippen molar-refractivity contribution in [1.82, 2.24) is 9.97 Å². The number of rotatable bonds is 0. The van der Waals surface area contributed by atoms with Gasteiger partial charge in [-0.05, 0) is 34.1 Å². The van der Waals surface area contributed by atoms with Crippen molar-refractivity contribution in [3.63, 3.8) is 0 Å². The topological polar surface area (TPSA) is 42.9 Å². The Balaban J connectivity index is 2.38. The van der Waals surface area contributed by atoms with Crippen LogP contribution in [0, 0.1) is 0 Å². The van der Waals surface area contributed by atoms with Gasteiger partial charge < -0.3 is 0 Å². The van der Waals surface area contributed by atoms with Crippen LogP contribution in [0.1, 0.15) is 15.9 Å². The lowest BCUT2D eigenvalue weighted by Gasteiger charge is -1.96. The lowest BCUT2D eigenvalue weighted by atomic mass is 10.1. The van der Waals surface area contributed by atoms with Crippen LogP contribution in [0.5, 0.6) is 0 Å². The summed E-state index contributed by atoms with van der Waals surface area (Å²) in [7, 11) is 0. The van der Waals surface area contributed by atoms with Gasteiger partial charge in [-0.3, -0.25) is 14.8 Å². The molecule has 2 aromatic rings. The van der Waals surface area contributed by atoms with E-state index in [9.17, 15) is 4.79 Å². The summed E-state index contributed by atoms with van der Waals surface area (Å²) in [5.41, 5.74) is 2.62. The molecule has 72 valence electrons. The fraction of sp³-hybridized carbons (Fsp3) is 0. The van der Waals surface area contributed by atoms with Gasteiger partial charge in [0, 0.05) is 16.9 Å². The molecule has 3 nitrogen and oxygen atoms in total. The lowest BCUT2D eigenvalue weighted by Crippen LogP contribution is -1.95. The number of fused-ring (bicyclic) bond motifs is 3. The first-order chi connectivity index (χ1) is 7.27. The minimum absolute atomic E-state index is 0.00176. The summed E-state index contributed by atoms with van der Waals surface area (Å²) >= 11 is 3.30. The highest BCUT2D eigenvalue weighted by Crippen LogP contribution is 2.33. The van der Waals surface area contributed by atoms with Crippen LogP contribution in [0.25, 0.3) is 11.4 Å². The fourth-order valence-electron chi connectivity index (χ4n) is 1.72. The Bertz CT molecular complexity index is 581. The van der Waals surface area contributed by atoms with Crippen LogP contribution < -0.4 is 0 Å². The van der Waals surface area contributed by atoms with Crippen LogP contribution in [0.4, 0.5) is 0 Å². The predicted molar refractivity (Wildman–Crippen MR) is 58.6 cm³/mol. The number of nitrogens with zero attached hydrogens (tertiary/aromatic N) is 2. The van der Waals surface area contributed by atoms with Crippen molar-refractivity contribution in [3.8, 4) is 11.4 Å². The molecule has 4 heteroatoms. The highest BCUT2D eigenvalue weighted by atomic mass is 79.9. The quantitative estimate of drug-likeness (QED) is 0.624. The van der Waals surface area contributed by atoms with E-state index in [1.54, 1.807) is 30.6 Å². The number of hydrogen-bond acceptors (Lipinski definition) is 3. The van der Waals surface area contributed by atoms with Gasteiger partial charge >= 0.3 is 0 Å². The second-order valence-corrected chi connectivity index (χ2v) is 4.19. The standard InChI is InChI=1S/C11H5BrN2O/c12-6-4-8-10(14-5-6)9-7(11(8)15)2-1-3-13-9/h1-5H. The van der Waals surface area contributed by atoms with Crippen LogP contribution in [-0.2, 0) is 0 Å². The maximum atomic E-state index is 11.9. The number of hydrogen-bond donors (Lipinski definition) is 0. The minimum Gasteiger partial charge on any atom is -0.288 e. The Morgan fingerprint density at radius 1 is 1.13 bits per heavy atom. The smallest absolute Gasteiger partial charge is 0.197 e. The van der Waals surface area contributed by atoms with Gasteiger partial charge in [-0.25, -0.2) is 0 Å². The molecule has 0 radical (unpaired) electrons. The fourth-order valence-corrected chi connectivity index (χ4v) is 2.05. The molecule has 0 spiro atoms. The Morgan fingerprint density at radius 2 is 1.93 bits per heavy atom. The molecule has 15 heavy (non-hydrogen) atoms. The summed E-state index contributed by atoms with van der Waals surface area (Å²) in [5.74, 6) is 0.00176. The van der Waals surface area contributed by atoms with E-state index in [0.29, 0.717) is 22.5 Å². The van der Waals surface area contributed by atoms with Gasteiger partial charge in [0.15, 0.2) is 5.78 Å². The van der Waals surface area contributed by atoms with Crippen LogP contribution in [-0.4, -0.2) is 15.8 Å². The molecule has 3 rings (SSSR count). The Morgan fingerprint density at radius 3 is 2.80 bits per heavy atom. The first-order valence-electron chi connectivity index (χ1n) is 4.43. The molecule has 1 aliphatic carbocycles. The van der Waals surface area contributed by atoms with E-state index in [1.165, 1.54) is 0 Å². The van der Waals surface area contributed by atoms with Crippen molar-refractivity contribution in [2.24, 2.45) is 0 Å². The zero-order chi connectivity index (χ0) is 10.4. The summed E-state index contributed by atoms with van der Waals surface area (Å²) in [5, 5.41) is 0. The van der Waals surface area contributed by atoms with Crippen LogP contribution in [0.15, 0.2) is 35.1 Å². The SMILES string of the molecule is O=C1c2cccnc2-c2ncc(Br)cc21. The van der Waals surface area contributed by atoms with E-state index < -0.39 is 0 Å². The molecule has 0 bridgehead atoms. The Hall–Kier alpha value is -1.55. The molecule has 0 fully saturated rings. The third-order valence-electron chi connectivity index (χ3n) is 2.38. The molecule has 0 saturated carbocycles. The molecule has 0 atom stereocenters. The number of halogens is 1. The predicted octanol–water partition coefficient (Wildman–Crippen LogP) is 2.45. The van der Waals surface area contributed by atoms with Crippen molar-refractivity contribution < 1.29 is 4.79 Å². The Labute approximate surface area is 94.3 Å². The minimum atomic E-state index is 0.00176. The second kappa shape index (κ2) is 2.97. The van der Waals surface area contributed by atoms with Gasteiger partial charge in [-0.2, -0.15) is 0 Å². The van der Waals surface area contributed by atoms with Crippen LogP contribution in [0.2, 0.25) is 0 Å². The summed E-state index contributed by atoms with van der Waals surface area (Å²) in [6, 6.07) is 5.32. The molecule has 0 amide bonds. The highest BCUT2D eigenvalue weighted by molar-refractivity contribution is 9.10. The third-order valence-corrected chi connectivity index (χ3v) is 2.81. The number of carbonyl (C=O) groups excluding carboxylic acids is 1. The number of carbonyl (C=O) groups is 1. The van der Waals surface area contributed by atoms with Crippen molar-refractivity contribution in [3.05, 3.63) is 46.2 Å². The van der Waals surface area contributed by atoms with Gasteiger partial charge in [-0.1, -0.05) is 0 Å². The molecule has 1 aliphatic rings. The monoisotopic (exact) mass is 260 g/mol. The zero-order valence-corrected chi connectivity index (χ0v) is 9.15. The molecule has 0 N–H and O–H groups in total. The summed E-state index contributed by atoms with van der Waals surface area (Å²) in [4.78, 5) is 20.3. The average molecular weight is 261 g/mol. The summed E-state index contributed by atoms with van der Waals surface area (Å²) < 4.78 is 0.808. The van der Waals surface area contributed by atoms with Crippen molar-refractivity contribution in [2.75, 3.05) is 0 Å². The molecular formula is C11H5BrN2O. The molecule has 0 aromatic carbocycles. The largest absolute Gasteiger partial charge is 0.288 e. The van der Waals surface area contributed by atoms with Crippen LogP contribution in [0.3, 0.4) is 0 Å². The van der Waals surface area contributed by atoms with Gasteiger partial charge in [-0.15, -0.1) is 0 Å². The van der Waals surface area contributed by atoms with E-state index in [-0.39, 0.29) is 5.78 Å². The molecule has 0 saturated heterocycles. The summed E-state index contributed by atoms with van der Waals surface area (Å²) in [6.07, 6.45) is 3.35. The van der Waals surface area contributed by atoms with Gasteiger partial charge in [0.2, 0.25) is 0 Å². The first-order valence-corrected chi connectivity index (χ1v) is 5.22. The molecule has 2 heterocycles. The van der Waals surface area contributed by atoms with Crippen molar-refractivity contribution in [1.29, 1.82) is 0 Å². The molecule has 0 aliphatic heterocycles. The normalized spacial score (nSPS) is 12.5. The molecule has 0 unspecified atom stereocenters. The van der Waals surface area contributed by atoms with Gasteiger partial charge in [0.05, 0.1) is 11.1 Å². The molecule has 2 aromatic heterocycles. The highest BCUT2D eigenvalue weighted by Gasteiger charge is 2.28. The third kappa shape index (κ3) is 1.15.